The molecule has 0 aliphatic carbocycles. The van der Waals surface area contributed by atoms with Gasteiger partial charge < -0.3 is 14.4 Å². The van der Waals surface area contributed by atoms with Crippen LogP contribution in [0.1, 0.15) is 27.9 Å². The first-order valence-electron chi connectivity index (χ1n) is 9.12. The van der Waals surface area contributed by atoms with Crippen LogP contribution in [0.15, 0.2) is 30.6 Å². The number of nitrogens with zero attached hydrogens (tertiary/aromatic N) is 4. The van der Waals surface area contributed by atoms with Crippen molar-refractivity contribution in [2.75, 3.05) is 40.4 Å². The lowest BCUT2D eigenvalue weighted by atomic mass is 10.1. The van der Waals surface area contributed by atoms with E-state index < -0.39 is 0 Å². The van der Waals surface area contributed by atoms with E-state index in [0.717, 1.165) is 55.0 Å². The van der Waals surface area contributed by atoms with E-state index in [9.17, 15) is 4.79 Å². The standard InChI is InChI=1S/C20H26N4O3/c1-15-11-17(26-2)5-6-18(15)19(25)24-8-4-7-23(9-10-24)14-16-12-21-20(27-3)22-13-16/h5-6,11-13H,4,7-10,14H2,1-3H3. The Balaban J connectivity index is 1.61. The molecule has 0 saturated carbocycles. The molecule has 27 heavy (non-hydrogen) atoms. The molecule has 7 heteroatoms. The van der Waals surface area contributed by atoms with Gasteiger partial charge in [0.2, 0.25) is 0 Å². The molecule has 0 bridgehead atoms. The first-order valence-corrected chi connectivity index (χ1v) is 9.12. The Labute approximate surface area is 159 Å². The zero-order valence-corrected chi connectivity index (χ0v) is 16.1. The topological polar surface area (TPSA) is 67.8 Å². The van der Waals surface area contributed by atoms with E-state index in [1.54, 1.807) is 26.6 Å². The van der Waals surface area contributed by atoms with Crippen molar-refractivity contribution in [3.8, 4) is 11.8 Å². The second-order valence-electron chi connectivity index (χ2n) is 6.68. The molecule has 1 saturated heterocycles. The highest BCUT2D eigenvalue weighted by Crippen LogP contribution is 2.19. The summed E-state index contributed by atoms with van der Waals surface area (Å²) in [5, 5.41) is 0. The number of methoxy groups -OCH3 is 2. The molecular formula is C20H26N4O3. The quantitative estimate of drug-likeness (QED) is 0.803. The lowest BCUT2D eigenvalue weighted by Crippen LogP contribution is -2.35. The average molecular weight is 370 g/mol. The highest BCUT2D eigenvalue weighted by molar-refractivity contribution is 5.95. The number of benzene rings is 1. The number of hydrogen-bond acceptors (Lipinski definition) is 6. The molecule has 2 heterocycles. The van der Waals surface area contributed by atoms with Crippen molar-refractivity contribution in [2.24, 2.45) is 0 Å². The van der Waals surface area contributed by atoms with Crippen LogP contribution in [0.3, 0.4) is 0 Å². The summed E-state index contributed by atoms with van der Waals surface area (Å²) in [5.41, 5.74) is 2.73. The molecular weight excluding hydrogens is 344 g/mol. The summed E-state index contributed by atoms with van der Waals surface area (Å²) in [4.78, 5) is 25.5. The van der Waals surface area contributed by atoms with Crippen molar-refractivity contribution < 1.29 is 14.3 Å². The summed E-state index contributed by atoms with van der Waals surface area (Å²) in [6, 6.07) is 5.98. The predicted molar refractivity (Wildman–Crippen MR) is 102 cm³/mol. The van der Waals surface area contributed by atoms with Crippen molar-refractivity contribution in [1.29, 1.82) is 0 Å². The van der Waals surface area contributed by atoms with Gasteiger partial charge in [-0.3, -0.25) is 9.69 Å². The largest absolute Gasteiger partial charge is 0.497 e. The summed E-state index contributed by atoms with van der Waals surface area (Å²) in [7, 11) is 3.19. The Morgan fingerprint density at radius 3 is 2.52 bits per heavy atom. The second-order valence-corrected chi connectivity index (χ2v) is 6.68. The van der Waals surface area contributed by atoms with Crippen molar-refractivity contribution in [3.63, 3.8) is 0 Å². The van der Waals surface area contributed by atoms with E-state index in [2.05, 4.69) is 14.9 Å². The van der Waals surface area contributed by atoms with E-state index in [0.29, 0.717) is 12.6 Å². The van der Waals surface area contributed by atoms with E-state index in [1.165, 1.54) is 0 Å². The first kappa shape index (κ1) is 19.1. The summed E-state index contributed by atoms with van der Waals surface area (Å²) >= 11 is 0. The zero-order valence-electron chi connectivity index (χ0n) is 16.1. The fourth-order valence-electron chi connectivity index (χ4n) is 3.29. The maximum absolute atomic E-state index is 12.9. The van der Waals surface area contributed by atoms with E-state index >= 15 is 0 Å². The maximum atomic E-state index is 12.9. The molecule has 1 amide bonds. The number of rotatable bonds is 5. The van der Waals surface area contributed by atoms with Gasteiger partial charge >= 0.3 is 6.01 Å². The van der Waals surface area contributed by atoms with E-state index in [1.807, 2.05) is 30.0 Å². The third-order valence-electron chi connectivity index (χ3n) is 4.81. The maximum Gasteiger partial charge on any atom is 0.316 e. The summed E-state index contributed by atoms with van der Waals surface area (Å²) in [5.74, 6) is 0.859. The van der Waals surface area contributed by atoms with Gasteiger partial charge in [0.25, 0.3) is 5.91 Å². The van der Waals surface area contributed by atoms with Crippen LogP contribution in [0.4, 0.5) is 0 Å². The number of aromatic nitrogens is 2. The zero-order chi connectivity index (χ0) is 19.2. The van der Waals surface area contributed by atoms with Gasteiger partial charge in [0.15, 0.2) is 0 Å². The molecule has 0 spiro atoms. The van der Waals surface area contributed by atoms with Gasteiger partial charge in [-0.25, -0.2) is 9.97 Å². The van der Waals surface area contributed by atoms with Crippen LogP contribution in [0.5, 0.6) is 11.8 Å². The molecule has 0 atom stereocenters. The molecule has 1 aliphatic heterocycles. The molecule has 0 unspecified atom stereocenters. The smallest absolute Gasteiger partial charge is 0.316 e. The van der Waals surface area contributed by atoms with Gasteiger partial charge in [0.05, 0.1) is 14.2 Å². The third-order valence-corrected chi connectivity index (χ3v) is 4.81. The van der Waals surface area contributed by atoms with Crippen LogP contribution in [-0.2, 0) is 6.54 Å². The van der Waals surface area contributed by atoms with Crippen LogP contribution in [-0.4, -0.2) is 66.1 Å². The van der Waals surface area contributed by atoms with Gasteiger partial charge in [0.1, 0.15) is 5.75 Å². The van der Waals surface area contributed by atoms with Gasteiger partial charge in [-0.05, 0) is 37.1 Å². The number of amides is 1. The first-order chi connectivity index (χ1) is 13.1. The Morgan fingerprint density at radius 1 is 1.07 bits per heavy atom. The monoisotopic (exact) mass is 370 g/mol. The molecule has 0 radical (unpaired) electrons. The number of carbonyl (C=O) groups is 1. The fourth-order valence-corrected chi connectivity index (χ4v) is 3.29. The Bertz CT molecular complexity index is 779. The normalized spacial score (nSPS) is 15.3. The van der Waals surface area contributed by atoms with Crippen molar-refractivity contribution in [2.45, 2.75) is 19.9 Å². The van der Waals surface area contributed by atoms with Crippen LogP contribution in [0.2, 0.25) is 0 Å². The molecule has 1 aromatic carbocycles. The fraction of sp³-hybridized carbons (Fsp3) is 0.450. The summed E-state index contributed by atoms with van der Waals surface area (Å²) in [6.07, 6.45) is 4.53. The van der Waals surface area contributed by atoms with Crippen molar-refractivity contribution >= 4 is 5.91 Å². The van der Waals surface area contributed by atoms with Crippen LogP contribution in [0.25, 0.3) is 0 Å². The average Bonchev–Trinajstić information content (AvgIpc) is 2.93. The molecule has 0 N–H and O–H groups in total. The highest BCUT2D eigenvalue weighted by Gasteiger charge is 2.21. The summed E-state index contributed by atoms with van der Waals surface area (Å²) in [6.45, 7) is 5.96. The lowest BCUT2D eigenvalue weighted by molar-refractivity contribution is 0.0760. The molecule has 3 rings (SSSR count). The second kappa shape index (κ2) is 8.81. The van der Waals surface area contributed by atoms with Gasteiger partial charge in [-0.2, -0.15) is 0 Å². The summed E-state index contributed by atoms with van der Waals surface area (Å²) < 4.78 is 10.2. The van der Waals surface area contributed by atoms with Gasteiger partial charge in [-0.1, -0.05) is 0 Å². The highest BCUT2D eigenvalue weighted by atomic mass is 16.5. The Hall–Kier alpha value is -2.67. The minimum atomic E-state index is 0.0878. The van der Waals surface area contributed by atoms with Gasteiger partial charge in [0, 0.05) is 56.2 Å². The lowest BCUT2D eigenvalue weighted by Gasteiger charge is -2.22. The van der Waals surface area contributed by atoms with Crippen molar-refractivity contribution in [1.82, 2.24) is 19.8 Å². The van der Waals surface area contributed by atoms with Crippen LogP contribution >= 0.6 is 0 Å². The minimum absolute atomic E-state index is 0.0878. The third kappa shape index (κ3) is 4.74. The number of ether oxygens (including phenoxy) is 2. The molecule has 1 fully saturated rings. The van der Waals surface area contributed by atoms with Crippen molar-refractivity contribution in [3.05, 3.63) is 47.3 Å². The molecule has 1 aromatic heterocycles. The number of aryl methyl sites for hydroxylation is 1. The van der Waals surface area contributed by atoms with Crippen LogP contribution < -0.4 is 9.47 Å². The molecule has 1 aliphatic rings. The van der Waals surface area contributed by atoms with E-state index in [4.69, 9.17) is 9.47 Å². The van der Waals surface area contributed by atoms with E-state index in [-0.39, 0.29) is 5.91 Å². The van der Waals surface area contributed by atoms with Crippen LogP contribution in [0, 0.1) is 6.92 Å². The number of hydrogen-bond donors (Lipinski definition) is 0. The predicted octanol–water partition coefficient (Wildman–Crippen LogP) is 2.15. The Morgan fingerprint density at radius 2 is 1.85 bits per heavy atom. The van der Waals surface area contributed by atoms with Gasteiger partial charge in [-0.15, -0.1) is 0 Å². The number of carbonyl (C=O) groups excluding carboxylic acids is 1. The molecule has 2 aromatic rings. The Kier molecular flexibility index (Phi) is 6.24. The molecule has 7 nitrogen and oxygen atoms in total. The SMILES string of the molecule is COc1ccc(C(=O)N2CCCN(Cc3cnc(OC)nc3)CC2)c(C)c1. The molecule has 144 valence electrons. The minimum Gasteiger partial charge on any atom is -0.497 e.